The molecule has 5 nitrogen and oxygen atoms in total. The minimum Gasteiger partial charge on any atom is -0.457 e. The van der Waals surface area contributed by atoms with E-state index in [9.17, 15) is 13.2 Å². The van der Waals surface area contributed by atoms with Crippen LogP contribution < -0.4 is 0 Å². The van der Waals surface area contributed by atoms with E-state index >= 15 is 0 Å². The third-order valence-corrected chi connectivity index (χ3v) is 4.24. The molecular formula is C9H11NO4S. The maximum atomic E-state index is 11.5. The van der Waals surface area contributed by atoms with Crippen LogP contribution in [-0.4, -0.2) is 31.3 Å². The minimum atomic E-state index is -3.10. The van der Waals surface area contributed by atoms with E-state index in [0.29, 0.717) is 25.0 Å². The second-order valence-electron chi connectivity index (χ2n) is 3.43. The summed E-state index contributed by atoms with van der Waals surface area (Å²) in [7, 11) is -3.10. The molecule has 0 atom stereocenters. The first-order valence-electron chi connectivity index (χ1n) is 4.63. The average Bonchev–Trinajstić information content (AvgIpc) is 2.75. The molecule has 1 aliphatic heterocycles. The van der Waals surface area contributed by atoms with Crippen LogP contribution in [0.2, 0.25) is 0 Å². The summed E-state index contributed by atoms with van der Waals surface area (Å²) in [4.78, 5) is 10.4. The van der Waals surface area contributed by atoms with Gasteiger partial charge in [0.25, 0.3) is 0 Å². The largest absolute Gasteiger partial charge is 0.457 e. The molecule has 0 unspecified atom stereocenters. The predicted octanol–water partition coefficient (Wildman–Crippen LogP) is 0.628. The van der Waals surface area contributed by atoms with Gasteiger partial charge in [-0.25, -0.2) is 8.42 Å². The maximum absolute atomic E-state index is 11.5. The van der Waals surface area contributed by atoms with E-state index in [1.807, 2.05) is 0 Å². The smallest absolute Gasteiger partial charge is 0.214 e. The molecule has 6 heteroatoms. The molecule has 0 aliphatic carbocycles. The molecule has 0 aromatic carbocycles. The molecule has 1 aromatic heterocycles. The molecule has 0 amide bonds. The van der Waals surface area contributed by atoms with Crippen LogP contribution >= 0.6 is 0 Å². The first-order valence-corrected chi connectivity index (χ1v) is 6.24. The van der Waals surface area contributed by atoms with Crippen molar-refractivity contribution >= 4 is 16.3 Å². The quantitative estimate of drug-likeness (QED) is 0.713. The van der Waals surface area contributed by atoms with Crippen molar-refractivity contribution in [3.63, 3.8) is 0 Å². The number of hydrogen-bond acceptors (Lipinski definition) is 4. The van der Waals surface area contributed by atoms with Gasteiger partial charge in [-0.2, -0.15) is 4.31 Å². The number of aldehydes is 1. The zero-order valence-corrected chi connectivity index (χ0v) is 8.87. The van der Waals surface area contributed by atoms with E-state index in [4.69, 9.17) is 4.42 Å². The summed E-state index contributed by atoms with van der Waals surface area (Å²) in [5.41, 5.74) is 0. The van der Waals surface area contributed by atoms with E-state index < -0.39 is 10.0 Å². The summed E-state index contributed by atoms with van der Waals surface area (Å²) in [6, 6.07) is 3.16. The summed E-state index contributed by atoms with van der Waals surface area (Å²) in [6.07, 6.45) is 1.26. The van der Waals surface area contributed by atoms with Gasteiger partial charge in [-0.15, -0.1) is 0 Å². The molecule has 1 aromatic rings. The summed E-state index contributed by atoms with van der Waals surface area (Å²) < 4.78 is 29.4. The van der Waals surface area contributed by atoms with Crippen LogP contribution in [0.3, 0.4) is 0 Å². The van der Waals surface area contributed by atoms with Gasteiger partial charge in [-0.05, 0) is 18.6 Å². The molecule has 0 radical (unpaired) electrons. The van der Waals surface area contributed by atoms with E-state index in [-0.39, 0.29) is 18.1 Å². The van der Waals surface area contributed by atoms with E-state index in [2.05, 4.69) is 0 Å². The second-order valence-corrected chi connectivity index (χ2v) is 5.51. The highest BCUT2D eigenvalue weighted by atomic mass is 32.2. The topological polar surface area (TPSA) is 67.6 Å². The van der Waals surface area contributed by atoms with E-state index in [0.717, 1.165) is 0 Å². The lowest BCUT2D eigenvalue weighted by molar-refractivity contribution is 0.109. The Kier molecular flexibility index (Phi) is 2.62. The number of nitrogens with zero attached hydrogens (tertiary/aromatic N) is 1. The van der Waals surface area contributed by atoms with Crippen molar-refractivity contribution < 1.29 is 17.6 Å². The molecule has 1 saturated heterocycles. The van der Waals surface area contributed by atoms with Gasteiger partial charge in [0, 0.05) is 6.54 Å². The molecule has 1 fully saturated rings. The zero-order valence-electron chi connectivity index (χ0n) is 8.05. The molecule has 2 heterocycles. The van der Waals surface area contributed by atoms with Crippen molar-refractivity contribution in [2.24, 2.45) is 0 Å². The summed E-state index contributed by atoms with van der Waals surface area (Å²) in [5.74, 6) is 0.929. The molecule has 0 spiro atoms. The average molecular weight is 229 g/mol. The number of carbonyl (C=O) groups excluding carboxylic acids is 1. The highest BCUT2D eigenvalue weighted by Gasteiger charge is 2.28. The lowest BCUT2D eigenvalue weighted by atomic mass is 10.4. The van der Waals surface area contributed by atoms with E-state index in [1.54, 1.807) is 6.07 Å². The van der Waals surface area contributed by atoms with Gasteiger partial charge in [0.05, 0.1) is 12.3 Å². The van der Waals surface area contributed by atoms with Crippen LogP contribution in [0.15, 0.2) is 16.5 Å². The van der Waals surface area contributed by atoms with Gasteiger partial charge in [0.2, 0.25) is 10.0 Å². The standard InChI is InChI=1S/C9H11NO4S/c11-7-9-3-2-8(14-9)6-10-4-1-5-15(10,12)13/h2-3,7H,1,4-6H2. The van der Waals surface area contributed by atoms with Crippen molar-refractivity contribution in [1.29, 1.82) is 0 Å². The Hall–Kier alpha value is -1.14. The molecule has 0 saturated carbocycles. The number of hydrogen-bond donors (Lipinski definition) is 0. The van der Waals surface area contributed by atoms with Crippen molar-refractivity contribution in [2.75, 3.05) is 12.3 Å². The monoisotopic (exact) mass is 229 g/mol. The summed E-state index contributed by atoms with van der Waals surface area (Å²) in [6.45, 7) is 0.746. The molecule has 0 N–H and O–H groups in total. The van der Waals surface area contributed by atoms with Crippen LogP contribution in [0.4, 0.5) is 0 Å². The van der Waals surface area contributed by atoms with Crippen LogP contribution in [0.5, 0.6) is 0 Å². The Labute approximate surface area is 87.7 Å². The fourth-order valence-corrected chi connectivity index (χ4v) is 3.07. The molecule has 82 valence electrons. The maximum Gasteiger partial charge on any atom is 0.214 e. The Morgan fingerprint density at radius 3 is 2.80 bits per heavy atom. The molecule has 15 heavy (non-hydrogen) atoms. The Morgan fingerprint density at radius 2 is 2.27 bits per heavy atom. The Morgan fingerprint density at radius 1 is 1.47 bits per heavy atom. The van der Waals surface area contributed by atoms with Gasteiger partial charge in [-0.1, -0.05) is 0 Å². The molecule has 0 bridgehead atoms. The van der Waals surface area contributed by atoms with Crippen LogP contribution in [0.25, 0.3) is 0 Å². The van der Waals surface area contributed by atoms with Crippen LogP contribution in [0.1, 0.15) is 22.7 Å². The van der Waals surface area contributed by atoms with Crippen LogP contribution in [-0.2, 0) is 16.6 Å². The van der Waals surface area contributed by atoms with Crippen molar-refractivity contribution in [3.8, 4) is 0 Å². The highest BCUT2D eigenvalue weighted by molar-refractivity contribution is 7.89. The molecule has 1 aliphatic rings. The number of carbonyl (C=O) groups is 1. The number of sulfonamides is 1. The molecular weight excluding hydrogens is 218 g/mol. The van der Waals surface area contributed by atoms with Crippen molar-refractivity contribution in [2.45, 2.75) is 13.0 Å². The SMILES string of the molecule is O=Cc1ccc(CN2CCCS2(=O)=O)o1. The van der Waals surface area contributed by atoms with Crippen LogP contribution in [0, 0.1) is 0 Å². The highest BCUT2D eigenvalue weighted by Crippen LogP contribution is 2.18. The Bertz CT molecular complexity index is 462. The lowest BCUT2D eigenvalue weighted by Crippen LogP contribution is -2.24. The zero-order chi connectivity index (χ0) is 10.9. The fraction of sp³-hybridized carbons (Fsp3) is 0.444. The van der Waals surface area contributed by atoms with Crippen molar-refractivity contribution in [3.05, 3.63) is 23.7 Å². The van der Waals surface area contributed by atoms with Gasteiger partial charge >= 0.3 is 0 Å². The predicted molar refractivity (Wildman–Crippen MR) is 52.9 cm³/mol. The third-order valence-electron chi connectivity index (χ3n) is 2.33. The molecule has 2 rings (SSSR count). The van der Waals surface area contributed by atoms with E-state index in [1.165, 1.54) is 10.4 Å². The van der Waals surface area contributed by atoms with Gasteiger partial charge in [-0.3, -0.25) is 4.79 Å². The van der Waals surface area contributed by atoms with Gasteiger partial charge < -0.3 is 4.42 Å². The fourth-order valence-electron chi connectivity index (χ4n) is 1.59. The normalized spacial score (nSPS) is 20.5. The first-order chi connectivity index (χ1) is 7.12. The number of furan rings is 1. The summed E-state index contributed by atoms with van der Waals surface area (Å²) in [5, 5.41) is 0. The van der Waals surface area contributed by atoms with Gasteiger partial charge in [0.1, 0.15) is 5.76 Å². The summed E-state index contributed by atoms with van der Waals surface area (Å²) >= 11 is 0. The van der Waals surface area contributed by atoms with Crippen molar-refractivity contribution in [1.82, 2.24) is 4.31 Å². The second kappa shape index (κ2) is 3.79. The number of rotatable bonds is 3. The minimum absolute atomic E-state index is 0.203. The van der Waals surface area contributed by atoms with Gasteiger partial charge in [0.15, 0.2) is 12.0 Å². The first kappa shape index (κ1) is 10.4. The lowest BCUT2D eigenvalue weighted by Gasteiger charge is -2.11. The third kappa shape index (κ3) is 2.10. The Balaban J connectivity index is 2.12.